The fourth-order valence-corrected chi connectivity index (χ4v) is 6.19. The Morgan fingerprint density at radius 2 is 1.73 bits per heavy atom. The van der Waals surface area contributed by atoms with E-state index in [1.54, 1.807) is 22.6 Å². The molecule has 0 spiro atoms. The summed E-state index contributed by atoms with van der Waals surface area (Å²) in [6.07, 6.45) is 2.80. The number of hydrogen-bond donors (Lipinski definition) is 1. The van der Waals surface area contributed by atoms with E-state index in [0.717, 1.165) is 30.9 Å². The first-order chi connectivity index (χ1) is 15.8. The number of nitrogens with zero attached hydrogens (tertiary/aromatic N) is 3. The summed E-state index contributed by atoms with van der Waals surface area (Å²) in [5, 5.41) is 2.88. The van der Waals surface area contributed by atoms with Gasteiger partial charge in [-0.3, -0.25) is 4.79 Å². The quantitative estimate of drug-likeness (QED) is 0.695. The van der Waals surface area contributed by atoms with Crippen molar-refractivity contribution in [1.29, 1.82) is 0 Å². The van der Waals surface area contributed by atoms with Gasteiger partial charge < -0.3 is 15.0 Å². The van der Waals surface area contributed by atoms with Gasteiger partial charge in [-0.15, -0.1) is 0 Å². The zero-order valence-electron chi connectivity index (χ0n) is 19.2. The van der Waals surface area contributed by atoms with Crippen LogP contribution in [0.2, 0.25) is 0 Å². The molecule has 0 aliphatic carbocycles. The van der Waals surface area contributed by atoms with Crippen molar-refractivity contribution in [3.05, 3.63) is 53.7 Å². The summed E-state index contributed by atoms with van der Waals surface area (Å²) in [6, 6.07) is 10.1. The average molecular weight is 473 g/mol. The first-order valence-corrected chi connectivity index (χ1v) is 12.9. The number of amides is 1. The molecule has 3 heterocycles. The molecule has 2 aliphatic rings. The van der Waals surface area contributed by atoms with Crippen LogP contribution in [0.1, 0.15) is 36.2 Å². The fraction of sp³-hybridized carbons (Fsp3) is 0.500. The second kappa shape index (κ2) is 10.2. The summed E-state index contributed by atoms with van der Waals surface area (Å²) in [7, 11) is -3.56. The van der Waals surface area contributed by atoms with Gasteiger partial charge in [0.15, 0.2) is 0 Å². The van der Waals surface area contributed by atoms with Crippen molar-refractivity contribution < 1.29 is 17.9 Å². The minimum absolute atomic E-state index is 0.225. The van der Waals surface area contributed by atoms with E-state index in [9.17, 15) is 13.2 Å². The Morgan fingerprint density at radius 1 is 1.06 bits per heavy atom. The maximum absolute atomic E-state index is 13.0. The molecular formula is C24H32N4O4S. The largest absolute Gasteiger partial charge is 0.378 e. The molecule has 1 aromatic carbocycles. The van der Waals surface area contributed by atoms with Crippen molar-refractivity contribution in [2.45, 2.75) is 31.7 Å². The van der Waals surface area contributed by atoms with Gasteiger partial charge in [-0.2, -0.15) is 4.31 Å². The molecule has 0 unspecified atom stereocenters. The molecule has 2 saturated heterocycles. The van der Waals surface area contributed by atoms with E-state index in [2.05, 4.69) is 29.0 Å². The standard InChI is InChI=1S/C24H32N4O4S/c1-18-13-19(2)17-28(16-18)33(30,31)22-6-4-21(5-7-22)24(29)26-15-20-3-8-23(25-14-20)27-9-11-32-12-10-27/h3-8,14,18-19H,9-13,15-17H2,1-2H3,(H,26,29)/t18-,19-/m1/s1. The van der Waals surface area contributed by atoms with E-state index in [-0.39, 0.29) is 10.8 Å². The van der Waals surface area contributed by atoms with Crippen molar-refractivity contribution in [1.82, 2.24) is 14.6 Å². The molecule has 0 saturated carbocycles. The van der Waals surface area contributed by atoms with E-state index < -0.39 is 10.0 Å². The number of anilines is 1. The summed E-state index contributed by atoms with van der Waals surface area (Å²) >= 11 is 0. The van der Waals surface area contributed by atoms with Gasteiger partial charge in [-0.05, 0) is 54.2 Å². The van der Waals surface area contributed by atoms with Crippen LogP contribution in [-0.4, -0.2) is 63.0 Å². The Labute approximate surface area is 196 Å². The SMILES string of the molecule is C[C@@H]1C[C@@H](C)CN(S(=O)(=O)c2ccc(C(=O)NCc3ccc(N4CCOCC4)nc3)cc2)C1. The zero-order chi connectivity index (χ0) is 23.4. The maximum Gasteiger partial charge on any atom is 0.251 e. The van der Waals surface area contributed by atoms with Gasteiger partial charge in [-0.25, -0.2) is 13.4 Å². The van der Waals surface area contributed by atoms with E-state index in [1.807, 2.05) is 12.1 Å². The predicted molar refractivity (Wildman–Crippen MR) is 127 cm³/mol. The highest BCUT2D eigenvalue weighted by Gasteiger charge is 2.31. The lowest BCUT2D eigenvalue weighted by atomic mass is 9.94. The van der Waals surface area contributed by atoms with Crippen LogP contribution in [0.3, 0.4) is 0 Å². The molecule has 0 bridgehead atoms. The van der Waals surface area contributed by atoms with Crippen molar-refractivity contribution in [2.24, 2.45) is 11.8 Å². The highest BCUT2D eigenvalue weighted by molar-refractivity contribution is 7.89. The van der Waals surface area contributed by atoms with Crippen LogP contribution in [0.4, 0.5) is 5.82 Å². The number of nitrogens with one attached hydrogen (secondary N) is 1. The molecular weight excluding hydrogens is 440 g/mol. The summed E-state index contributed by atoms with van der Waals surface area (Å²) in [4.78, 5) is 19.5. The highest BCUT2D eigenvalue weighted by Crippen LogP contribution is 2.26. The van der Waals surface area contributed by atoms with E-state index in [4.69, 9.17) is 4.74 Å². The molecule has 0 radical (unpaired) electrons. The van der Waals surface area contributed by atoms with Crippen LogP contribution in [0, 0.1) is 11.8 Å². The fourth-order valence-electron chi connectivity index (χ4n) is 4.51. The van der Waals surface area contributed by atoms with Crippen molar-refractivity contribution >= 4 is 21.7 Å². The van der Waals surface area contributed by atoms with Gasteiger partial charge in [0.2, 0.25) is 10.0 Å². The predicted octanol–water partition coefficient (Wildman–Crippen LogP) is 2.51. The Balaban J connectivity index is 1.34. The number of piperidine rings is 1. The number of hydrogen-bond acceptors (Lipinski definition) is 6. The monoisotopic (exact) mass is 472 g/mol. The molecule has 8 nitrogen and oxygen atoms in total. The van der Waals surface area contributed by atoms with Gasteiger partial charge in [0.05, 0.1) is 18.1 Å². The molecule has 2 aromatic rings. The summed E-state index contributed by atoms with van der Waals surface area (Å²) in [6.45, 7) is 8.63. The summed E-state index contributed by atoms with van der Waals surface area (Å²) in [5.41, 5.74) is 1.32. The Bertz CT molecular complexity index is 1040. The van der Waals surface area contributed by atoms with Crippen LogP contribution in [0.25, 0.3) is 0 Å². The highest BCUT2D eigenvalue weighted by atomic mass is 32.2. The van der Waals surface area contributed by atoms with Gasteiger partial charge in [-0.1, -0.05) is 19.9 Å². The number of pyridine rings is 1. The Morgan fingerprint density at radius 3 is 2.33 bits per heavy atom. The lowest BCUT2D eigenvalue weighted by Crippen LogP contribution is -2.42. The first-order valence-electron chi connectivity index (χ1n) is 11.5. The topological polar surface area (TPSA) is 91.8 Å². The van der Waals surface area contributed by atoms with Crippen molar-refractivity contribution in [2.75, 3.05) is 44.3 Å². The van der Waals surface area contributed by atoms with Crippen LogP contribution in [-0.2, 0) is 21.3 Å². The van der Waals surface area contributed by atoms with E-state index >= 15 is 0 Å². The molecule has 4 rings (SSSR count). The molecule has 2 aliphatic heterocycles. The minimum atomic E-state index is -3.56. The number of benzene rings is 1. The third-order valence-corrected chi connectivity index (χ3v) is 8.03. The molecule has 1 amide bonds. The number of sulfonamides is 1. The summed E-state index contributed by atoms with van der Waals surface area (Å²) in [5.74, 6) is 1.33. The van der Waals surface area contributed by atoms with Crippen LogP contribution >= 0.6 is 0 Å². The first kappa shape index (κ1) is 23.7. The van der Waals surface area contributed by atoms with Gasteiger partial charge in [0.1, 0.15) is 5.82 Å². The molecule has 9 heteroatoms. The Hall–Kier alpha value is -2.49. The number of ether oxygens (including phenoxy) is 1. The average Bonchev–Trinajstić information content (AvgIpc) is 2.83. The zero-order valence-corrected chi connectivity index (χ0v) is 20.1. The molecule has 2 fully saturated rings. The third kappa shape index (κ3) is 5.72. The van der Waals surface area contributed by atoms with Crippen LogP contribution < -0.4 is 10.2 Å². The Kier molecular flexibility index (Phi) is 7.31. The van der Waals surface area contributed by atoms with Gasteiger partial charge in [0.25, 0.3) is 5.91 Å². The minimum Gasteiger partial charge on any atom is -0.378 e. The number of carbonyl (C=O) groups is 1. The normalized spacial score (nSPS) is 22.2. The lowest BCUT2D eigenvalue weighted by molar-refractivity contribution is 0.0950. The van der Waals surface area contributed by atoms with E-state index in [0.29, 0.717) is 50.2 Å². The van der Waals surface area contributed by atoms with Crippen LogP contribution in [0.15, 0.2) is 47.5 Å². The molecule has 178 valence electrons. The summed E-state index contributed by atoms with van der Waals surface area (Å²) < 4.78 is 33.0. The molecule has 2 atom stereocenters. The number of carbonyl (C=O) groups excluding carboxylic acids is 1. The second-order valence-electron chi connectivity index (χ2n) is 9.10. The van der Waals surface area contributed by atoms with Crippen LogP contribution in [0.5, 0.6) is 0 Å². The van der Waals surface area contributed by atoms with Crippen molar-refractivity contribution in [3.63, 3.8) is 0 Å². The smallest absolute Gasteiger partial charge is 0.251 e. The molecule has 33 heavy (non-hydrogen) atoms. The second-order valence-corrected chi connectivity index (χ2v) is 11.0. The molecule has 1 aromatic heterocycles. The number of aromatic nitrogens is 1. The number of rotatable bonds is 6. The van der Waals surface area contributed by atoms with E-state index in [1.165, 1.54) is 12.1 Å². The van der Waals surface area contributed by atoms with Gasteiger partial charge >= 0.3 is 0 Å². The molecule has 1 N–H and O–H groups in total. The third-order valence-electron chi connectivity index (χ3n) is 6.19. The van der Waals surface area contributed by atoms with Gasteiger partial charge in [0, 0.05) is 44.5 Å². The van der Waals surface area contributed by atoms with Crippen molar-refractivity contribution in [3.8, 4) is 0 Å². The lowest BCUT2D eigenvalue weighted by Gasteiger charge is -2.34. The maximum atomic E-state index is 13.0. The number of morpholine rings is 1.